The fourth-order valence-electron chi connectivity index (χ4n) is 2.30. The lowest BCUT2D eigenvalue weighted by Gasteiger charge is -2.38. The minimum atomic E-state index is -0.232. The highest BCUT2D eigenvalue weighted by Crippen LogP contribution is 2.31. The molecule has 0 atom stereocenters. The first kappa shape index (κ1) is 16.4. The first-order chi connectivity index (χ1) is 11.0. The van der Waals surface area contributed by atoms with Gasteiger partial charge in [0.15, 0.2) is 5.13 Å². The number of anilines is 1. The number of halogens is 1. The zero-order chi connectivity index (χ0) is 16.4. The maximum atomic E-state index is 12.0. The molecule has 2 heterocycles. The molecule has 1 fully saturated rings. The maximum Gasteiger partial charge on any atom is 0.252 e. The number of aryl methyl sites for hydroxylation is 1. The number of ether oxygens (including phenoxy) is 1. The molecule has 2 aromatic rings. The van der Waals surface area contributed by atoms with E-state index in [2.05, 4.69) is 15.6 Å². The molecule has 3 rings (SSSR count). The van der Waals surface area contributed by atoms with Gasteiger partial charge in [-0.2, -0.15) is 0 Å². The number of hydrogen-bond donors (Lipinski definition) is 2. The van der Waals surface area contributed by atoms with Crippen molar-refractivity contribution in [1.82, 2.24) is 10.3 Å². The average molecular weight is 352 g/mol. The van der Waals surface area contributed by atoms with Gasteiger partial charge in [-0.25, -0.2) is 4.98 Å². The Hall–Kier alpha value is -1.47. The number of carbonyl (C=O) groups excluding carboxylic acids is 1. The van der Waals surface area contributed by atoms with Crippen LogP contribution in [0.3, 0.4) is 0 Å². The summed E-state index contributed by atoms with van der Waals surface area (Å²) in [5.74, 6) is -0.186. The van der Waals surface area contributed by atoms with Gasteiger partial charge in [0.05, 0.1) is 11.3 Å². The lowest BCUT2D eigenvalue weighted by molar-refractivity contribution is -0.130. The number of aromatic nitrogens is 1. The molecular formula is C16H18ClN3O2S. The topological polar surface area (TPSA) is 63.2 Å². The van der Waals surface area contributed by atoms with Gasteiger partial charge >= 0.3 is 0 Å². The van der Waals surface area contributed by atoms with Crippen LogP contribution in [0.2, 0.25) is 5.02 Å². The average Bonchev–Trinajstić information content (AvgIpc) is 2.84. The Labute approximate surface area is 144 Å². The van der Waals surface area contributed by atoms with E-state index in [1.807, 2.05) is 38.1 Å². The molecule has 1 aromatic carbocycles. The number of thiazole rings is 1. The largest absolute Gasteiger partial charge is 0.363 e. The van der Waals surface area contributed by atoms with Gasteiger partial charge in [0.2, 0.25) is 0 Å². The van der Waals surface area contributed by atoms with Crippen molar-refractivity contribution in [2.45, 2.75) is 19.4 Å². The minimum absolute atomic E-state index is 0.0348. The predicted molar refractivity (Wildman–Crippen MR) is 93.2 cm³/mol. The fraction of sp³-hybridized carbons (Fsp3) is 0.375. The first-order valence-electron chi connectivity index (χ1n) is 7.33. The van der Waals surface area contributed by atoms with Crippen molar-refractivity contribution in [1.29, 1.82) is 0 Å². The van der Waals surface area contributed by atoms with Gasteiger partial charge in [-0.3, -0.25) is 10.1 Å². The van der Waals surface area contributed by atoms with Crippen LogP contribution in [0.4, 0.5) is 5.13 Å². The summed E-state index contributed by atoms with van der Waals surface area (Å²) in [5, 5.41) is 7.20. The van der Waals surface area contributed by atoms with Crippen LogP contribution in [-0.4, -0.2) is 36.2 Å². The van der Waals surface area contributed by atoms with Crippen molar-refractivity contribution < 1.29 is 9.53 Å². The van der Waals surface area contributed by atoms with Crippen LogP contribution in [0.1, 0.15) is 11.8 Å². The van der Waals surface area contributed by atoms with Crippen LogP contribution in [0.5, 0.6) is 0 Å². The van der Waals surface area contributed by atoms with E-state index in [0.29, 0.717) is 10.2 Å². The molecule has 5 nitrogen and oxygen atoms in total. The second kappa shape index (κ2) is 6.57. The van der Waals surface area contributed by atoms with Gasteiger partial charge in [-0.1, -0.05) is 23.7 Å². The Kier molecular flexibility index (Phi) is 4.68. The van der Waals surface area contributed by atoms with E-state index >= 15 is 0 Å². The van der Waals surface area contributed by atoms with Gasteiger partial charge in [0.1, 0.15) is 6.61 Å². The Morgan fingerprint density at radius 2 is 2.13 bits per heavy atom. The van der Waals surface area contributed by atoms with E-state index < -0.39 is 0 Å². The van der Waals surface area contributed by atoms with Crippen molar-refractivity contribution in [2.24, 2.45) is 0 Å². The van der Waals surface area contributed by atoms with E-state index in [9.17, 15) is 4.79 Å². The molecule has 23 heavy (non-hydrogen) atoms. The molecule has 1 saturated heterocycles. The number of amides is 1. The summed E-state index contributed by atoms with van der Waals surface area (Å²) in [6.45, 7) is 5.56. The predicted octanol–water partition coefficient (Wildman–Crippen LogP) is 3.09. The lowest BCUT2D eigenvalue weighted by atomic mass is 10.0. The molecule has 7 heteroatoms. The molecule has 1 aromatic heterocycles. The summed E-state index contributed by atoms with van der Waals surface area (Å²) in [6.07, 6.45) is 0. The van der Waals surface area contributed by atoms with Gasteiger partial charge in [0.25, 0.3) is 5.91 Å². The second-order valence-electron chi connectivity index (χ2n) is 5.82. The SMILES string of the molecule is Cc1sc(NC(=O)COC2(C)CNC2)nc1-c1ccc(Cl)cc1. The van der Waals surface area contributed by atoms with E-state index in [0.717, 1.165) is 29.2 Å². The summed E-state index contributed by atoms with van der Waals surface area (Å²) >= 11 is 7.36. The van der Waals surface area contributed by atoms with Gasteiger partial charge in [-0.15, -0.1) is 11.3 Å². The van der Waals surface area contributed by atoms with Gasteiger partial charge < -0.3 is 10.1 Å². The van der Waals surface area contributed by atoms with Crippen molar-refractivity contribution in [3.8, 4) is 11.3 Å². The Morgan fingerprint density at radius 1 is 1.43 bits per heavy atom. The quantitative estimate of drug-likeness (QED) is 0.869. The van der Waals surface area contributed by atoms with E-state index in [1.165, 1.54) is 11.3 Å². The third-order valence-corrected chi connectivity index (χ3v) is 4.85. The number of rotatable bonds is 5. The molecular weight excluding hydrogens is 334 g/mol. The highest BCUT2D eigenvalue weighted by atomic mass is 35.5. The van der Waals surface area contributed by atoms with Gasteiger partial charge in [0, 0.05) is 28.6 Å². The second-order valence-corrected chi connectivity index (χ2v) is 7.46. The summed E-state index contributed by atoms with van der Waals surface area (Å²) in [6, 6.07) is 7.50. The standard InChI is InChI=1S/C16H18ClN3O2S/c1-10-14(11-3-5-12(17)6-4-11)20-15(23-10)19-13(21)7-22-16(2)8-18-9-16/h3-6,18H,7-9H2,1-2H3,(H,19,20,21). The summed E-state index contributed by atoms with van der Waals surface area (Å²) in [4.78, 5) is 17.5. The third-order valence-electron chi connectivity index (χ3n) is 3.71. The number of hydrogen-bond acceptors (Lipinski definition) is 5. The van der Waals surface area contributed by atoms with E-state index in [-0.39, 0.29) is 18.1 Å². The summed E-state index contributed by atoms with van der Waals surface area (Å²) < 4.78 is 5.62. The lowest BCUT2D eigenvalue weighted by Crippen LogP contribution is -2.59. The molecule has 0 saturated carbocycles. The molecule has 0 radical (unpaired) electrons. The van der Waals surface area contributed by atoms with E-state index in [1.54, 1.807) is 0 Å². The monoisotopic (exact) mass is 351 g/mol. The molecule has 0 unspecified atom stereocenters. The van der Waals surface area contributed by atoms with Crippen molar-refractivity contribution >= 4 is 34.0 Å². The maximum absolute atomic E-state index is 12.0. The van der Waals surface area contributed by atoms with Crippen molar-refractivity contribution in [2.75, 3.05) is 25.0 Å². The molecule has 1 aliphatic heterocycles. The smallest absolute Gasteiger partial charge is 0.252 e. The Morgan fingerprint density at radius 3 is 2.74 bits per heavy atom. The third kappa shape index (κ3) is 3.90. The van der Waals surface area contributed by atoms with Crippen LogP contribution in [0, 0.1) is 6.92 Å². The highest BCUT2D eigenvalue weighted by Gasteiger charge is 2.33. The molecule has 2 N–H and O–H groups in total. The van der Waals surface area contributed by atoms with Crippen molar-refractivity contribution in [3.05, 3.63) is 34.2 Å². The van der Waals surface area contributed by atoms with Crippen molar-refractivity contribution in [3.63, 3.8) is 0 Å². The fourth-order valence-corrected chi connectivity index (χ4v) is 3.28. The Balaban J connectivity index is 1.63. The van der Waals surface area contributed by atoms with Crippen LogP contribution in [0.15, 0.2) is 24.3 Å². The van der Waals surface area contributed by atoms with Crippen LogP contribution in [0.25, 0.3) is 11.3 Å². The van der Waals surface area contributed by atoms with Crippen LogP contribution in [-0.2, 0) is 9.53 Å². The molecule has 0 aliphatic carbocycles. The molecule has 1 aliphatic rings. The molecule has 0 spiro atoms. The summed E-state index contributed by atoms with van der Waals surface area (Å²) in [5.41, 5.74) is 1.61. The van der Waals surface area contributed by atoms with Crippen LogP contribution >= 0.6 is 22.9 Å². The number of benzene rings is 1. The zero-order valence-electron chi connectivity index (χ0n) is 13.0. The number of nitrogens with zero attached hydrogens (tertiary/aromatic N) is 1. The Bertz CT molecular complexity index is 711. The zero-order valence-corrected chi connectivity index (χ0v) is 14.6. The van der Waals surface area contributed by atoms with E-state index in [4.69, 9.17) is 16.3 Å². The number of nitrogens with one attached hydrogen (secondary N) is 2. The normalized spacial score (nSPS) is 16.0. The summed E-state index contributed by atoms with van der Waals surface area (Å²) in [7, 11) is 0. The highest BCUT2D eigenvalue weighted by molar-refractivity contribution is 7.16. The van der Waals surface area contributed by atoms with Gasteiger partial charge in [-0.05, 0) is 26.0 Å². The first-order valence-corrected chi connectivity index (χ1v) is 8.52. The molecule has 0 bridgehead atoms. The number of carbonyl (C=O) groups is 1. The minimum Gasteiger partial charge on any atom is -0.363 e. The van der Waals surface area contributed by atoms with Crippen LogP contribution < -0.4 is 10.6 Å². The molecule has 122 valence electrons. The molecule has 1 amide bonds.